The van der Waals surface area contributed by atoms with Gasteiger partial charge in [0.05, 0.1) is 12.8 Å². The molecule has 0 atom stereocenters. The number of nitrogens with one attached hydrogen (secondary N) is 2. The molecule has 0 aliphatic heterocycles. The summed E-state index contributed by atoms with van der Waals surface area (Å²) >= 11 is 0. The van der Waals surface area contributed by atoms with E-state index in [4.69, 9.17) is 4.74 Å². The molecule has 0 spiro atoms. The van der Waals surface area contributed by atoms with Crippen LogP contribution in [0.4, 0.5) is 27.5 Å². The van der Waals surface area contributed by atoms with Gasteiger partial charge in [-0.2, -0.15) is 4.98 Å². The number of methoxy groups -OCH3 is 1. The van der Waals surface area contributed by atoms with Crippen LogP contribution in [-0.4, -0.2) is 17.1 Å². The highest BCUT2D eigenvalue weighted by molar-refractivity contribution is 5.64. The summed E-state index contributed by atoms with van der Waals surface area (Å²) in [5.41, 5.74) is 2.17. The average Bonchev–Trinajstić information content (AvgIpc) is 2.55. The van der Waals surface area contributed by atoms with Gasteiger partial charge in [-0.15, -0.1) is 0 Å². The van der Waals surface area contributed by atoms with E-state index in [1.54, 1.807) is 25.3 Å². The van der Waals surface area contributed by atoms with Crippen LogP contribution in [0.2, 0.25) is 0 Å². The van der Waals surface area contributed by atoms with E-state index in [-0.39, 0.29) is 5.82 Å². The number of nitrogens with zero attached hydrogens (tertiary/aromatic N) is 2. The molecular formula is C18H17FN4O. The lowest BCUT2D eigenvalue weighted by Gasteiger charge is -2.12. The first-order chi connectivity index (χ1) is 11.6. The molecule has 1 heterocycles. The Bertz CT molecular complexity index is 854. The standard InChI is InChI=1S/C18H17FN4O/c1-12-10-17(21-14-7-5-6-13(19)11-14)23-18(20-12)22-15-8-3-4-9-16(15)24-2/h3-11H,1-2H3,(H2,20,21,22,23). The van der Waals surface area contributed by atoms with Crippen LogP contribution in [0, 0.1) is 12.7 Å². The summed E-state index contributed by atoms with van der Waals surface area (Å²) in [6, 6.07) is 15.5. The van der Waals surface area contributed by atoms with E-state index in [1.807, 2.05) is 31.2 Å². The maximum Gasteiger partial charge on any atom is 0.229 e. The summed E-state index contributed by atoms with van der Waals surface area (Å²) in [4.78, 5) is 8.79. The summed E-state index contributed by atoms with van der Waals surface area (Å²) in [6.45, 7) is 1.87. The summed E-state index contributed by atoms with van der Waals surface area (Å²) in [6.07, 6.45) is 0. The smallest absolute Gasteiger partial charge is 0.229 e. The highest BCUT2D eigenvalue weighted by Gasteiger charge is 2.07. The van der Waals surface area contributed by atoms with Gasteiger partial charge in [0.15, 0.2) is 0 Å². The number of aryl methyl sites for hydroxylation is 1. The van der Waals surface area contributed by atoms with Crippen LogP contribution in [0.5, 0.6) is 5.75 Å². The number of anilines is 4. The lowest BCUT2D eigenvalue weighted by Crippen LogP contribution is -2.03. The van der Waals surface area contributed by atoms with Crippen molar-refractivity contribution in [1.29, 1.82) is 0 Å². The van der Waals surface area contributed by atoms with Gasteiger partial charge in [-0.1, -0.05) is 18.2 Å². The first-order valence-electron chi connectivity index (χ1n) is 7.42. The van der Waals surface area contributed by atoms with Crippen molar-refractivity contribution >= 4 is 23.1 Å². The number of para-hydroxylation sites is 2. The van der Waals surface area contributed by atoms with Crippen LogP contribution in [0.3, 0.4) is 0 Å². The average molecular weight is 324 g/mol. The van der Waals surface area contributed by atoms with E-state index in [0.717, 1.165) is 11.4 Å². The van der Waals surface area contributed by atoms with E-state index >= 15 is 0 Å². The molecule has 0 amide bonds. The van der Waals surface area contributed by atoms with Gasteiger partial charge < -0.3 is 15.4 Å². The lowest BCUT2D eigenvalue weighted by atomic mass is 10.3. The Morgan fingerprint density at radius 2 is 1.79 bits per heavy atom. The molecule has 0 fully saturated rings. The number of rotatable bonds is 5. The normalized spacial score (nSPS) is 10.3. The van der Waals surface area contributed by atoms with Gasteiger partial charge in [-0.25, -0.2) is 9.37 Å². The number of ether oxygens (including phenoxy) is 1. The van der Waals surface area contributed by atoms with Crippen molar-refractivity contribution in [3.63, 3.8) is 0 Å². The van der Waals surface area contributed by atoms with Gasteiger partial charge in [-0.3, -0.25) is 0 Å². The van der Waals surface area contributed by atoms with Crippen molar-refractivity contribution in [3.8, 4) is 5.75 Å². The molecule has 0 aliphatic carbocycles. The molecule has 5 nitrogen and oxygen atoms in total. The van der Waals surface area contributed by atoms with Crippen LogP contribution in [0.25, 0.3) is 0 Å². The molecule has 6 heteroatoms. The Hall–Kier alpha value is -3.15. The largest absolute Gasteiger partial charge is 0.495 e. The van der Waals surface area contributed by atoms with Crippen molar-refractivity contribution < 1.29 is 9.13 Å². The maximum absolute atomic E-state index is 13.3. The maximum atomic E-state index is 13.3. The first-order valence-corrected chi connectivity index (χ1v) is 7.42. The highest BCUT2D eigenvalue weighted by Crippen LogP contribution is 2.26. The van der Waals surface area contributed by atoms with Crippen molar-refractivity contribution in [2.45, 2.75) is 6.92 Å². The fourth-order valence-corrected chi connectivity index (χ4v) is 2.27. The van der Waals surface area contributed by atoms with Crippen LogP contribution in [0.1, 0.15) is 5.69 Å². The van der Waals surface area contributed by atoms with Crippen LogP contribution in [0.15, 0.2) is 54.6 Å². The van der Waals surface area contributed by atoms with Crippen molar-refractivity contribution in [1.82, 2.24) is 9.97 Å². The van der Waals surface area contributed by atoms with E-state index in [1.165, 1.54) is 12.1 Å². The molecule has 0 unspecified atom stereocenters. The third kappa shape index (κ3) is 3.78. The third-order valence-corrected chi connectivity index (χ3v) is 3.30. The predicted molar refractivity (Wildman–Crippen MR) is 92.7 cm³/mol. The Morgan fingerprint density at radius 1 is 0.958 bits per heavy atom. The van der Waals surface area contributed by atoms with Crippen molar-refractivity contribution in [2.24, 2.45) is 0 Å². The molecular weight excluding hydrogens is 307 g/mol. The second kappa shape index (κ2) is 6.95. The molecule has 122 valence electrons. The number of hydrogen-bond acceptors (Lipinski definition) is 5. The van der Waals surface area contributed by atoms with Crippen molar-refractivity contribution in [3.05, 3.63) is 66.1 Å². The monoisotopic (exact) mass is 324 g/mol. The van der Waals surface area contributed by atoms with Gasteiger partial charge in [0, 0.05) is 17.4 Å². The minimum atomic E-state index is -0.307. The summed E-state index contributed by atoms with van der Waals surface area (Å²) in [7, 11) is 1.61. The quantitative estimate of drug-likeness (QED) is 0.727. The molecule has 0 aliphatic rings. The minimum Gasteiger partial charge on any atom is -0.495 e. The topological polar surface area (TPSA) is 59.1 Å². The summed E-state index contributed by atoms with van der Waals surface area (Å²) < 4.78 is 18.6. The molecule has 3 aromatic rings. The Morgan fingerprint density at radius 3 is 2.58 bits per heavy atom. The number of benzene rings is 2. The van der Waals surface area contributed by atoms with Gasteiger partial charge in [0.25, 0.3) is 0 Å². The molecule has 1 aromatic heterocycles. The Kier molecular flexibility index (Phi) is 4.56. The fourth-order valence-electron chi connectivity index (χ4n) is 2.27. The molecule has 2 aromatic carbocycles. The van der Waals surface area contributed by atoms with E-state index in [0.29, 0.717) is 23.2 Å². The second-order valence-electron chi connectivity index (χ2n) is 5.18. The highest BCUT2D eigenvalue weighted by atomic mass is 19.1. The minimum absolute atomic E-state index is 0.307. The van der Waals surface area contributed by atoms with E-state index < -0.39 is 0 Å². The SMILES string of the molecule is COc1ccccc1Nc1nc(C)cc(Nc2cccc(F)c2)n1. The Labute approximate surface area is 139 Å². The zero-order valence-electron chi connectivity index (χ0n) is 13.4. The Balaban J connectivity index is 1.86. The first kappa shape index (κ1) is 15.7. The van der Waals surface area contributed by atoms with Gasteiger partial charge in [0.2, 0.25) is 5.95 Å². The number of hydrogen-bond donors (Lipinski definition) is 2. The number of aromatic nitrogens is 2. The number of halogens is 1. The predicted octanol–water partition coefficient (Wildman–Crippen LogP) is 4.42. The van der Waals surface area contributed by atoms with Crippen LogP contribution < -0.4 is 15.4 Å². The molecule has 0 saturated heterocycles. The fraction of sp³-hybridized carbons (Fsp3) is 0.111. The molecule has 0 saturated carbocycles. The van der Waals surface area contributed by atoms with Gasteiger partial charge in [-0.05, 0) is 37.3 Å². The molecule has 0 radical (unpaired) electrons. The van der Waals surface area contributed by atoms with Gasteiger partial charge in [0.1, 0.15) is 17.4 Å². The van der Waals surface area contributed by atoms with E-state index in [2.05, 4.69) is 20.6 Å². The summed E-state index contributed by atoms with van der Waals surface area (Å²) in [5, 5.41) is 6.22. The van der Waals surface area contributed by atoms with Crippen molar-refractivity contribution in [2.75, 3.05) is 17.7 Å². The van der Waals surface area contributed by atoms with Gasteiger partial charge >= 0.3 is 0 Å². The third-order valence-electron chi connectivity index (χ3n) is 3.30. The molecule has 3 rings (SSSR count). The van der Waals surface area contributed by atoms with Crippen LogP contribution >= 0.6 is 0 Å². The lowest BCUT2D eigenvalue weighted by molar-refractivity contribution is 0.417. The zero-order valence-corrected chi connectivity index (χ0v) is 13.4. The molecule has 24 heavy (non-hydrogen) atoms. The second-order valence-corrected chi connectivity index (χ2v) is 5.18. The van der Waals surface area contributed by atoms with E-state index in [9.17, 15) is 4.39 Å². The molecule has 2 N–H and O–H groups in total. The zero-order chi connectivity index (χ0) is 16.9. The summed E-state index contributed by atoms with van der Waals surface area (Å²) in [5.74, 6) is 1.39. The molecule has 0 bridgehead atoms. The van der Waals surface area contributed by atoms with Crippen LogP contribution in [-0.2, 0) is 0 Å².